The van der Waals surface area contributed by atoms with Gasteiger partial charge in [-0.15, -0.1) is 0 Å². The van der Waals surface area contributed by atoms with Gasteiger partial charge in [0.2, 0.25) is 0 Å². The van der Waals surface area contributed by atoms with Crippen molar-refractivity contribution in [3.8, 4) is 5.75 Å². The lowest BCUT2D eigenvalue weighted by atomic mass is 9.73. The second-order valence-corrected chi connectivity index (χ2v) is 11.6. The Morgan fingerprint density at radius 1 is 1.08 bits per heavy atom. The number of ether oxygens (including phenoxy) is 3. The first-order valence-corrected chi connectivity index (χ1v) is 14.7. The summed E-state index contributed by atoms with van der Waals surface area (Å²) >= 11 is 0. The molecule has 37 heavy (non-hydrogen) atoms. The minimum Gasteiger partial charge on any atom is -0.482 e. The van der Waals surface area contributed by atoms with Crippen LogP contribution in [0.5, 0.6) is 5.75 Å². The quantitative estimate of drug-likeness (QED) is 0.262. The number of piperidine rings is 1. The van der Waals surface area contributed by atoms with Gasteiger partial charge in [-0.2, -0.15) is 0 Å². The van der Waals surface area contributed by atoms with Gasteiger partial charge in [-0.3, -0.25) is 9.69 Å². The summed E-state index contributed by atoms with van der Waals surface area (Å²) in [6.07, 6.45) is 14.5. The van der Waals surface area contributed by atoms with Crippen molar-refractivity contribution in [2.75, 3.05) is 27.3 Å². The van der Waals surface area contributed by atoms with E-state index in [1.54, 1.807) is 0 Å². The van der Waals surface area contributed by atoms with Crippen LogP contribution in [0.25, 0.3) is 0 Å². The first-order chi connectivity index (χ1) is 18.0. The molecule has 1 aliphatic heterocycles. The lowest BCUT2D eigenvalue weighted by Gasteiger charge is -2.33. The van der Waals surface area contributed by atoms with Crippen molar-refractivity contribution >= 4 is 11.9 Å². The summed E-state index contributed by atoms with van der Waals surface area (Å²) < 4.78 is 16.8. The highest BCUT2D eigenvalue weighted by atomic mass is 16.6. The number of rotatable bonds is 12. The van der Waals surface area contributed by atoms with E-state index in [0.29, 0.717) is 17.8 Å². The molecule has 1 heterocycles. The molecule has 2 aliphatic carbocycles. The number of hydrogen-bond donors (Lipinski definition) is 0. The molecule has 1 saturated carbocycles. The van der Waals surface area contributed by atoms with E-state index < -0.39 is 0 Å². The molecule has 1 aromatic rings. The number of fused-ring (bicyclic) bond motifs is 2. The van der Waals surface area contributed by atoms with Crippen LogP contribution in [0.4, 0.5) is 0 Å². The van der Waals surface area contributed by atoms with Crippen LogP contribution in [0, 0.1) is 17.8 Å². The van der Waals surface area contributed by atoms with Gasteiger partial charge in [0.25, 0.3) is 0 Å². The molecule has 6 nitrogen and oxygen atoms in total. The second-order valence-electron chi connectivity index (χ2n) is 11.6. The average molecular weight is 514 g/mol. The Morgan fingerprint density at radius 3 is 2.73 bits per heavy atom. The third kappa shape index (κ3) is 7.28. The van der Waals surface area contributed by atoms with E-state index in [2.05, 4.69) is 24.9 Å². The van der Waals surface area contributed by atoms with E-state index in [0.717, 1.165) is 63.7 Å². The van der Waals surface area contributed by atoms with Gasteiger partial charge in [-0.1, -0.05) is 38.3 Å². The van der Waals surface area contributed by atoms with E-state index >= 15 is 0 Å². The Balaban J connectivity index is 1.35. The average Bonchev–Trinajstić information content (AvgIpc) is 3.30. The normalized spacial score (nSPS) is 26.1. The summed E-state index contributed by atoms with van der Waals surface area (Å²) in [6.45, 7) is 3.17. The number of methoxy groups -OCH3 is 1. The Kier molecular flexibility index (Phi) is 10.3. The molecule has 1 saturated heterocycles. The molecule has 0 aromatic heterocycles. The molecule has 5 unspecified atom stereocenters. The minimum absolute atomic E-state index is 0.000857. The van der Waals surface area contributed by atoms with Gasteiger partial charge in [-0.25, -0.2) is 4.79 Å². The molecule has 3 aliphatic rings. The third-order valence-electron chi connectivity index (χ3n) is 9.16. The molecule has 0 amide bonds. The van der Waals surface area contributed by atoms with E-state index in [4.69, 9.17) is 14.2 Å². The van der Waals surface area contributed by atoms with Crippen LogP contribution < -0.4 is 4.74 Å². The monoisotopic (exact) mass is 513 g/mol. The third-order valence-corrected chi connectivity index (χ3v) is 9.16. The molecule has 1 aromatic carbocycles. The number of nitrogens with zero attached hydrogens (tertiary/aromatic N) is 1. The number of carbonyl (C=O) groups excluding carboxylic acids is 2. The van der Waals surface area contributed by atoms with Crippen LogP contribution in [0.3, 0.4) is 0 Å². The smallest absolute Gasteiger partial charge is 0.343 e. The fourth-order valence-electron chi connectivity index (χ4n) is 6.97. The predicted molar refractivity (Wildman–Crippen MR) is 145 cm³/mol. The van der Waals surface area contributed by atoms with E-state index in [9.17, 15) is 9.59 Å². The van der Waals surface area contributed by atoms with Gasteiger partial charge in [0.1, 0.15) is 17.9 Å². The molecule has 0 bridgehead atoms. The fourth-order valence-corrected chi connectivity index (χ4v) is 6.97. The Bertz CT molecular complexity index is 902. The highest BCUT2D eigenvalue weighted by Crippen LogP contribution is 2.48. The molecule has 0 radical (unpaired) electrons. The van der Waals surface area contributed by atoms with Crippen molar-refractivity contribution in [3.63, 3.8) is 0 Å². The minimum atomic E-state index is -0.350. The number of carbonyl (C=O) groups is 2. The second kappa shape index (κ2) is 13.6. The Morgan fingerprint density at radius 2 is 1.95 bits per heavy atom. The number of hydrogen-bond acceptors (Lipinski definition) is 6. The van der Waals surface area contributed by atoms with Crippen molar-refractivity contribution in [2.45, 2.75) is 103 Å². The van der Waals surface area contributed by atoms with Gasteiger partial charge < -0.3 is 14.2 Å². The van der Waals surface area contributed by atoms with Gasteiger partial charge in [0, 0.05) is 0 Å². The number of benzene rings is 1. The van der Waals surface area contributed by atoms with Crippen LogP contribution in [-0.2, 0) is 31.9 Å². The van der Waals surface area contributed by atoms with E-state index in [1.165, 1.54) is 50.3 Å². The maximum Gasteiger partial charge on any atom is 0.343 e. The van der Waals surface area contributed by atoms with Crippen LogP contribution in [-0.4, -0.2) is 56.3 Å². The summed E-state index contributed by atoms with van der Waals surface area (Å²) in [6, 6.07) is 6.18. The summed E-state index contributed by atoms with van der Waals surface area (Å²) in [5.41, 5.74) is 2.64. The Labute approximate surface area is 223 Å². The van der Waals surface area contributed by atoms with E-state index in [1.807, 2.05) is 12.1 Å². The summed E-state index contributed by atoms with van der Waals surface area (Å²) in [4.78, 5) is 26.8. The van der Waals surface area contributed by atoms with Crippen LogP contribution in [0.15, 0.2) is 18.2 Å². The number of esters is 2. The largest absolute Gasteiger partial charge is 0.482 e. The maximum atomic E-state index is 13.1. The predicted octanol–water partition coefficient (Wildman–Crippen LogP) is 5.74. The van der Waals surface area contributed by atoms with Crippen molar-refractivity contribution in [1.82, 2.24) is 4.90 Å². The zero-order chi connectivity index (χ0) is 26.2. The number of likely N-dealkylation sites (tertiary alicyclic amines) is 1. The number of unbranched alkanes of at least 4 members (excludes halogenated alkanes) is 2. The van der Waals surface area contributed by atoms with Crippen LogP contribution in [0.2, 0.25) is 0 Å². The molecular formula is C31H47NO5. The zero-order valence-corrected chi connectivity index (χ0v) is 23.2. The molecule has 6 heteroatoms. The lowest BCUT2D eigenvalue weighted by Crippen LogP contribution is -2.44. The van der Waals surface area contributed by atoms with Gasteiger partial charge in [0.05, 0.1) is 7.11 Å². The topological polar surface area (TPSA) is 65.1 Å². The van der Waals surface area contributed by atoms with Gasteiger partial charge in [0.15, 0.2) is 6.61 Å². The summed E-state index contributed by atoms with van der Waals surface area (Å²) in [5.74, 6) is 2.51. The summed E-state index contributed by atoms with van der Waals surface area (Å²) in [5, 5.41) is 0. The standard InChI is InChI=1S/C31H47NO5/c1-4-5-6-11-25(37-31(34)28-12-7-8-18-32(28)2)17-16-22-14-15-24-20-27-23(19-26(22)24)10-9-13-29(27)36-21-30(33)35-3/h9-10,13,22,24-26,28H,4-8,11-12,14-21H2,1-3H3. The SMILES string of the molecule is CCCCCC(CCC1CCC2Cc3c(cccc3OCC(=O)OC)CC12)OC(=O)C1CCCCN1C. The first kappa shape index (κ1) is 27.9. The molecule has 0 N–H and O–H groups in total. The van der Waals surface area contributed by atoms with Crippen molar-refractivity contribution in [3.05, 3.63) is 29.3 Å². The molecule has 206 valence electrons. The first-order valence-electron chi connectivity index (χ1n) is 14.7. The number of likely N-dealkylation sites (N-methyl/N-ethyl adjacent to an activating group) is 1. The summed E-state index contributed by atoms with van der Waals surface area (Å²) in [7, 11) is 3.45. The molecule has 5 atom stereocenters. The molecular weight excluding hydrogens is 466 g/mol. The highest BCUT2D eigenvalue weighted by Gasteiger charge is 2.40. The van der Waals surface area contributed by atoms with Gasteiger partial charge >= 0.3 is 11.9 Å². The molecule has 2 fully saturated rings. The zero-order valence-electron chi connectivity index (χ0n) is 23.2. The van der Waals surface area contributed by atoms with Crippen LogP contribution in [0.1, 0.15) is 88.7 Å². The van der Waals surface area contributed by atoms with Crippen molar-refractivity contribution in [1.29, 1.82) is 0 Å². The van der Waals surface area contributed by atoms with Crippen molar-refractivity contribution in [2.24, 2.45) is 17.8 Å². The van der Waals surface area contributed by atoms with Crippen molar-refractivity contribution < 1.29 is 23.8 Å². The van der Waals surface area contributed by atoms with Gasteiger partial charge in [-0.05, 0) is 113 Å². The van der Waals surface area contributed by atoms with Crippen LogP contribution >= 0.6 is 0 Å². The molecule has 0 spiro atoms. The maximum absolute atomic E-state index is 13.1. The Hall–Kier alpha value is -2.08. The highest BCUT2D eigenvalue weighted by molar-refractivity contribution is 5.76. The fraction of sp³-hybridized carbons (Fsp3) is 0.742. The van der Waals surface area contributed by atoms with E-state index in [-0.39, 0.29) is 30.7 Å². The molecule has 4 rings (SSSR count). The lowest BCUT2D eigenvalue weighted by molar-refractivity contribution is -0.157.